The summed E-state index contributed by atoms with van der Waals surface area (Å²) in [6.07, 6.45) is -4.59. The van der Waals surface area contributed by atoms with Crippen molar-refractivity contribution in [1.29, 1.82) is 5.26 Å². The third-order valence-electron chi connectivity index (χ3n) is 1.88. The first kappa shape index (κ1) is 13.3. The summed E-state index contributed by atoms with van der Waals surface area (Å²) in [5, 5.41) is 11.0. The molecule has 1 N–H and O–H groups in total. The number of rotatable bonds is 1. The Bertz CT molecular complexity index is 479. The van der Waals surface area contributed by atoms with E-state index in [2.05, 4.69) is 22.3 Å². The first-order chi connectivity index (χ1) is 7.88. The lowest BCUT2D eigenvalue weighted by molar-refractivity contribution is -0.137. The van der Waals surface area contributed by atoms with E-state index < -0.39 is 17.3 Å². The average molecular weight is 260 g/mol. The van der Waals surface area contributed by atoms with Crippen LogP contribution in [0.5, 0.6) is 0 Å². The summed E-state index contributed by atoms with van der Waals surface area (Å²) >= 11 is 4.66. The molecular formula is C10H7F3N2OS. The predicted octanol–water partition coefficient (Wildman–Crippen LogP) is 2.92. The first-order valence-corrected chi connectivity index (χ1v) is 4.75. The Kier molecular flexibility index (Phi) is 3.91. The molecule has 0 spiro atoms. The SMILES string of the molecule is COC(=S)Nc1ccc(C#N)c(C(F)(F)F)c1. The van der Waals surface area contributed by atoms with Gasteiger partial charge in [0.15, 0.2) is 0 Å². The molecule has 17 heavy (non-hydrogen) atoms. The zero-order valence-electron chi connectivity index (χ0n) is 8.63. The number of nitrogens with one attached hydrogen (secondary N) is 1. The Morgan fingerprint density at radius 1 is 1.47 bits per heavy atom. The molecule has 0 aliphatic heterocycles. The van der Waals surface area contributed by atoms with Crippen LogP contribution in [0.15, 0.2) is 18.2 Å². The van der Waals surface area contributed by atoms with Gasteiger partial charge in [0.1, 0.15) is 0 Å². The topological polar surface area (TPSA) is 45.0 Å². The second kappa shape index (κ2) is 5.01. The van der Waals surface area contributed by atoms with Gasteiger partial charge in [-0.05, 0) is 30.4 Å². The van der Waals surface area contributed by atoms with E-state index in [1.165, 1.54) is 19.2 Å². The summed E-state index contributed by atoms with van der Waals surface area (Å²) in [6, 6.07) is 4.69. The molecule has 0 radical (unpaired) electrons. The fourth-order valence-corrected chi connectivity index (χ4v) is 1.24. The van der Waals surface area contributed by atoms with E-state index in [1.807, 2.05) is 0 Å². The molecule has 0 atom stereocenters. The van der Waals surface area contributed by atoms with Gasteiger partial charge < -0.3 is 10.1 Å². The zero-order chi connectivity index (χ0) is 13.1. The van der Waals surface area contributed by atoms with Crippen molar-refractivity contribution in [1.82, 2.24) is 0 Å². The van der Waals surface area contributed by atoms with Crippen molar-refractivity contribution in [3.05, 3.63) is 29.3 Å². The number of ether oxygens (including phenoxy) is 1. The third-order valence-corrected chi connectivity index (χ3v) is 2.15. The van der Waals surface area contributed by atoms with Crippen LogP contribution in [-0.4, -0.2) is 12.3 Å². The van der Waals surface area contributed by atoms with Gasteiger partial charge in [0.25, 0.3) is 5.17 Å². The average Bonchev–Trinajstić information content (AvgIpc) is 2.27. The van der Waals surface area contributed by atoms with E-state index in [1.54, 1.807) is 0 Å². The first-order valence-electron chi connectivity index (χ1n) is 4.35. The monoisotopic (exact) mass is 260 g/mol. The summed E-state index contributed by atoms with van der Waals surface area (Å²) in [6.45, 7) is 0. The van der Waals surface area contributed by atoms with Gasteiger partial charge in [0, 0.05) is 5.69 Å². The molecule has 0 amide bonds. The lowest BCUT2D eigenvalue weighted by Gasteiger charge is -2.12. The molecule has 0 saturated heterocycles. The maximum absolute atomic E-state index is 12.6. The van der Waals surface area contributed by atoms with Crippen LogP contribution in [0.25, 0.3) is 0 Å². The number of nitrogens with zero attached hydrogens (tertiary/aromatic N) is 1. The minimum Gasteiger partial charge on any atom is -0.474 e. The van der Waals surface area contributed by atoms with Crippen LogP contribution < -0.4 is 5.32 Å². The van der Waals surface area contributed by atoms with Gasteiger partial charge >= 0.3 is 6.18 Å². The highest BCUT2D eigenvalue weighted by atomic mass is 32.1. The number of thiocarbonyl (C=S) groups is 1. The highest BCUT2D eigenvalue weighted by Crippen LogP contribution is 2.33. The highest BCUT2D eigenvalue weighted by Gasteiger charge is 2.33. The van der Waals surface area contributed by atoms with Gasteiger partial charge in [0.2, 0.25) is 0 Å². The molecule has 90 valence electrons. The van der Waals surface area contributed by atoms with E-state index in [-0.39, 0.29) is 10.9 Å². The van der Waals surface area contributed by atoms with E-state index in [4.69, 9.17) is 5.26 Å². The van der Waals surface area contributed by atoms with Crippen LogP contribution in [0.4, 0.5) is 18.9 Å². The van der Waals surface area contributed by atoms with Crippen molar-refractivity contribution in [2.24, 2.45) is 0 Å². The molecule has 0 aliphatic carbocycles. The second-order valence-electron chi connectivity index (χ2n) is 2.99. The van der Waals surface area contributed by atoms with Crippen molar-refractivity contribution in [3.63, 3.8) is 0 Å². The van der Waals surface area contributed by atoms with Crippen molar-refractivity contribution < 1.29 is 17.9 Å². The summed E-state index contributed by atoms with van der Waals surface area (Å²) in [4.78, 5) is 0. The molecule has 0 bridgehead atoms. The number of hydrogen-bond acceptors (Lipinski definition) is 3. The smallest absolute Gasteiger partial charge is 0.417 e. The zero-order valence-corrected chi connectivity index (χ0v) is 9.45. The van der Waals surface area contributed by atoms with Gasteiger partial charge in [-0.15, -0.1) is 0 Å². The van der Waals surface area contributed by atoms with Crippen LogP contribution in [0.3, 0.4) is 0 Å². The number of alkyl halides is 3. The number of methoxy groups -OCH3 is 1. The van der Waals surface area contributed by atoms with E-state index in [0.717, 1.165) is 12.1 Å². The molecule has 0 aromatic heterocycles. The Labute approximate surface area is 101 Å². The number of halogens is 3. The number of hydrogen-bond donors (Lipinski definition) is 1. The van der Waals surface area contributed by atoms with E-state index in [0.29, 0.717) is 0 Å². The normalized spacial score (nSPS) is 10.5. The Hall–Kier alpha value is -1.81. The summed E-state index contributed by atoms with van der Waals surface area (Å²) in [5.41, 5.74) is -1.33. The number of anilines is 1. The van der Waals surface area contributed by atoms with Crippen LogP contribution in [0.1, 0.15) is 11.1 Å². The van der Waals surface area contributed by atoms with Crippen LogP contribution in [-0.2, 0) is 10.9 Å². The van der Waals surface area contributed by atoms with Crippen LogP contribution in [0, 0.1) is 11.3 Å². The lowest BCUT2D eigenvalue weighted by atomic mass is 10.1. The van der Waals surface area contributed by atoms with E-state index >= 15 is 0 Å². The van der Waals surface area contributed by atoms with E-state index in [9.17, 15) is 13.2 Å². The third kappa shape index (κ3) is 3.32. The van der Waals surface area contributed by atoms with Gasteiger partial charge in [0.05, 0.1) is 24.3 Å². The maximum atomic E-state index is 12.6. The van der Waals surface area contributed by atoms with Crippen LogP contribution in [0.2, 0.25) is 0 Å². The molecular weight excluding hydrogens is 253 g/mol. The van der Waals surface area contributed by atoms with Gasteiger partial charge in [-0.2, -0.15) is 18.4 Å². The van der Waals surface area contributed by atoms with Crippen molar-refractivity contribution in [3.8, 4) is 6.07 Å². The number of benzene rings is 1. The predicted molar refractivity (Wildman–Crippen MR) is 59.4 cm³/mol. The molecule has 1 aromatic rings. The molecule has 0 unspecified atom stereocenters. The molecule has 1 aromatic carbocycles. The Morgan fingerprint density at radius 3 is 2.59 bits per heavy atom. The molecule has 3 nitrogen and oxygen atoms in total. The standard InChI is InChI=1S/C10H7F3N2OS/c1-16-9(17)15-7-3-2-6(5-14)8(4-7)10(11,12)13/h2-4H,1H3,(H,15,17). The molecule has 0 aliphatic rings. The minimum atomic E-state index is -4.59. The van der Waals surface area contributed by atoms with Gasteiger partial charge in [-0.3, -0.25) is 0 Å². The summed E-state index contributed by atoms with van der Waals surface area (Å²) in [5.74, 6) is 0. The summed E-state index contributed by atoms with van der Waals surface area (Å²) < 4.78 is 42.4. The molecule has 0 heterocycles. The largest absolute Gasteiger partial charge is 0.474 e. The highest BCUT2D eigenvalue weighted by molar-refractivity contribution is 7.80. The van der Waals surface area contributed by atoms with Gasteiger partial charge in [-0.25, -0.2) is 0 Å². The Morgan fingerprint density at radius 2 is 2.12 bits per heavy atom. The molecule has 7 heteroatoms. The van der Waals surface area contributed by atoms with Crippen molar-refractivity contribution in [2.75, 3.05) is 12.4 Å². The quantitative estimate of drug-likeness (QED) is 0.788. The second-order valence-corrected chi connectivity index (χ2v) is 3.36. The lowest BCUT2D eigenvalue weighted by Crippen LogP contribution is -2.13. The van der Waals surface area contributed by atoms with Crippen molar-refractivity contribution in [2.45, 2.75) is 6.18 Å². The Balaban J connectivity index is 3.15. The molecule has 0 fully saturated rings. The fraction of sp³-hybridized carbons (Fsp3) is 0.200. The number of nitriles is 1. The van der Waals surface area contributed by atoms with Gasteiger partial charge in [-0.1, -0.05) is 0 Å². The minimum absolute atomic E-state index is 0.0529. The molecule has 1 rings (SSSR count). The maximum Gasteiger partial charge on any atom is 0.417 e. The summed E-state index contributed by atoms with van der Waals surface area (Å²) in [7, 11) is 1.30. The van der Waals surface area contributed by atoms with Crippen molar-refractivity contribution >= 4 is 23.1 Å². The fourth-order valence-electron chi connectivity index (χ4n) is 1.12. The molecule has 0 saturated carbocycles. The van der Waals surface area contributed by atoms with Crippen LogP contribution >= 0.6 is 12.2 Å².